The molecule has 2 rings (SSSR count). The topological polar surface area (TPSA) is 79.5 Å². The van der Waals surface area contributed by atoms with Crippen molar-refractivity contribution in [3.05, 3.63) is 27.4 Å². The van der Waals surface area contributed by atoms with Gasteiger partial charge in [-0.05, 0) is 12.8 Å². The summed E-state index contributed by atoms with van der Waals surface area (Å²) in [6.45, 7) is 1.03. The number of rotatable bonds is 2. The highest BCUT2D eigenvalue weighted by molar-refractivity contribution is 6.30. The van der Waals surface area contributed by atoms with Crippen LogP contribution < -0.4 is 4.90 Å². The zero-order valence-electron chi connectivity index (χ0n) is 9.04. The first-order valence-electron chi connectivity index (χ1n) is 5.31. The second-order valence-electron chi connectivity index (χ2n) is 4.00. The van der Waals surface area contributed by atoms with Gasteiger partial charge < -0.3 is 10.0 Å². The number of hydrogen-bond donors (Lipinski definition) is 1. The van der Waals surface area contributed by atoms with Crippen LogP contribution in [0.15, 0.2) is 12.3 Å². The number of aliphatic hydroxyl groups is 1. The average molecular weight is 258 g/mol. The summed E-state index contributed by atoms with van der Waals surface area (Å²) >= 11 is 5.69. The van der Waals surface area contributed by atoms with Gasteiger partial charge in [0.1, 0.15) is 0 Å². The number of aromatic nitrogens is 1. The number of β-amino-alcohol motifs (C(OH)–C–C–N with tert-alkyl or cyclic N) is 1. The van der Waals surface area contributed by atoms with E-state index in [1.165, 1.54) is 12.3 Å². The first-order valence-corrected chi connectivity index (χ1v) is 5.68. The molecule has 0 spiro atoms. The van der Waals surface area contributed by atoms with Crippen LogP contribution in [0.1, 0.15) is 12.8 Å². The Morgan fingerprint density at radius 3 is 3.06 bits per heavy atom. The van der Waals surface area contributed by atoms with Crippen LogP contribution in [0.5, 0.6) is 0 Å². The number of piperidine rings is 1. The molecule has 0 radical (unpaired) electrons. The molecule has 0 bridgehead atoms. The van der Waals surface area contributed by atoms with Gasteiger partial charge in [-0.15, -0.1) is 0 Å². The maximum absolute atomic E-state index is 10.9. The van der Waals surface area contributed by atoms with Crippen molar-refractivity contribution in [1.29, 1.82) is 0 Å². The summed E-state index contributed by atoms with van der Waals surface area (Å²) in [4.78, 5) is 16.1. The molecule has 1 aliphatic heterocycles. The molecule has 0 aromatic carbocycles. The number of halogens is 1. The third kappa shape index (κ3) is 2.65. The Bertz CT molecular complexity index is 441. The van der Waals surface area contributed by atoms with E-state index in [1.807, 2.05) is 0 Å². The Labute approximate surface area is 103 Å². The van der Waals surface area contributed by atoms with Crippen LogP contribution in [0.3, 0.4) is 0 Å². The Hall–Kier alpha value is -1.40. The summed E-state index contributed by atoms with van der Waals surface area (Å²) in [7, 11) is 0. The van der Waals surface area contributed by atoms with Gasteiger partial charge in [-0.2, -0.15) is 0 Å². The minimum absolute atomic E-state index is 0.119. The molecule has 1 aliphatic rings. The molecule has 0 saturated carbocycles. The van der Waals surface area contributed by atoms with E-state index < -0.39 is 11.0 Å². The van der Waals surface area contributed by atoms with Gasteiger partial charge in [0, 0.05) is 25.4 Å². The van der Waals surface area contributed by atoms with Crippen molar-refractivity contribution in [2.75, 3.05) is 18.0 Å². The maximum Gasteiger partial charge on any atom is 0.313 e. The van der Waals surface area contributed by atoms with Crippen molar-refractivity contribution >= 4 is 23.1 Å². The standard InChI is InChI=1S/C10H12ClN3O3/c11-7-4-9(14(16)17)10(12-5-7)13-3-1-2-8(15)6-13/h4-5,8,15H,1-3,6H2/t8-/m0/s1. The van der Waals surface area contributed by atoms with Gasteiger partial charge in [0.2, 0.25) is 5.82 Å². The van der Waals surface area contributed by atoms with Gasteiger partial charge in [0.15, 0.2) is 0 Å². The second kappa shape index (κ2) is 4.85. The third-order valence-corrected chi connectivity index (χ3v) is 2.91. The molecule has 0 amide bonds. The molecule has 1 N–H and O–H groups in total. The van der Waals surface area contributed by atoms with Crippen LogP contribution in [0, 0.1) is 10.1 Å². The predicted octanol–water partition coefficient (Wildman–Crippen LogP) is 1.60. The minimum Gasteiger partial charge on any atom is -0.391 e. The van der Waals surface area contributed by atoms with Crippen LogP contribution in [0.4, 0.5) is 11.5 Å². The molecule has 1 aromatic rings. The molecule has 92 valence electrons. The average Bonchev–Trinajstić information content (AvgIpc) is 2.28. The Kier molecular flexibility index (Phi) is 3.44. The van der Waals surface area contributed by atoms with E-state index in [2.05, 4.69) is 4.98 Å². The van der Waals surface area contributed by atoms with Gasteiger partial charge in [-0.1, -0.05) is 11.6 Å². The van der Waals surface area contributed by atoms with Crippen LogP contribution in [0.2, 0.25) is 5.02 Å². The van der Waals surface area contributed by atoms with E-state index in [4.69, 9.17) is 11.6 Å². The van der Waals surface area contributed by atoms with Crippen LogP contribution in [-0.2, 0) is 0 Å². The van der Waals surface area contributed by atoms with Crippen LogP contribution >= 0.6 is 11.6 Å². The van der Waals surface area contributed by atoms with Gasteiger partial charge in [-0.25, -0.2) is 4.98 Å². The van der Waals surface area contributed by atoms with E-state index in [9.17, 15) is 15.2 Å². The monoisotopic (exact) mass is 257 g/mol. The Morgan fingerprint density at radius 2 is 2.41 bits per heavy atom. The molecule has 0 unspecified atom stereocenters. The summed E-state index contributed by atoms with van der Waals surface area (Å²) in [6, 6.07) is 1.28. The lowest BCUT2D eigenvalue weighted by Crippen LogP contribution is -2.39. The number of hydrogen-bond acceptors (Lipinski definition) is 5. The van der Waals surface area contributed by atoms with E-state index in [0.717, 1.165) is 12.8 Å². The maximum atomic E-state index is 10.9. The molecule has 2 heterocycles. The summed E-state index contributed by atoms with van der Waals surface area (Å²) in [6.07, 6.45) is 2.44. The highest BCUT2D eigenvalue weighted by atomic mass is 35.5. The molecule has 1 saturated heterocycles. The zero-order chi connectivity index (χ0) is 12.4. The van der Waals surface area contributed by atoms with E-state index in [1.54, 1.807) is 4.90 Å². The van der Waals surface area contributed by atoms with Crippen molar-refractivity contribution < 1.29 is 10.0 Å². The summed E-state index contributed by atoms with van der Waals surface area (Å²) in [5.74, 6) is 0.276. The molecular weight excluding hydrogens is 246 g/mol. The molecule has 1 aromatic heterocycles. The third-order valence-electron chi connectivity index (χ3n) is 2.71. The van der Waals surface area contributed by atoms with Crippen molar-refractivity contribution in [3.63, 3.8) is 0 Å². The number of pyridine rings is 1. The predicted molar refractivity (Wildman–Crippen MR) is 63.4 cm³/mol. The number of nitrogens with zero attached hydrogens (tertiary/aromatic N) is 3. The molecule has 1 atom stereocenters. The van der Waals surface area contributed by atoms with Gasteiger partial charge in [0.05, 0.1) is 16.0 Å². The molecule has 17 heavy (non-hydrogen) atoms. The fraction of sp³-hybridized carbons (Fsp3) is 0.500. The molecule has 0 aliphatic carbocycles. The van der Waals surface area contributed by atoms with E-state index >= 15 is 0 Å². The molecule has 1 fully saturated rings. The smallest absolute Gasteiger partial charge is 0.313 e. The Balaban J connectivity index is 2.33. The highest BCUT2D eigenvalue weighted by Crippen LogP contribution is 2.30. The number of aliphatic hydroxyl groups excluding tert-OH is 1. The molecule has 7 heteroatoms. The lowest BCUT2D eigenvalue weighted by atomic mass is 10.1. The van der Waals surface area contributed by atoms with Crippen molar-refractivity contribution in [1.82, 2.24) is 4.98 Å². The van der Waals surface area contributed by atoms with Gasteiger partial charge in [0.25, 0.3) is 0 Å². The highest BCUT2D eigenvalue weighted by Gasteiger charge is 2.26. The minimum atomic E-state index is -0.505. The van der Waals surface area contributed by atoms with Crippen molar-refractivity contribution in [3.8, 4) is 0 Å². The lowest BCUT2D eigenvalue weighted by Gasteiger charge is -2.30. The largest absolute Gasteiger partial charge is 0.391 e. The SMILES string of the molecule is O=[N+]([O-])c1cc(Cl)cnc1N1CCC[C@H](O)C1. The number of anilines is 1. The molecule has 6 nitrogen and oxygen atoms in total. The molecular formula is C10H12ClN3O3. The Morgan fingerprint density at radius 1 is 1.65 bits per heavy atom. The van der Waals surface area contributed by atoms with Gasteiger partial charge >= 0.3 is 5.69 Å². The summed E-state index contributed by atoms with van der Waals surface area (Å²) in [5, 5.41) is 20.7. The van der Waals surface area contributed by atoms with Crippen LogP contribution in [0.25, 0.3) is 0 Å². The van der Waals surface area contributed by atoms with Crippen LogP contribution in [-0.4, -0.2) is 34.2 Å². The first-order chi connectivity index (χ1) is 8.08. The quantitative estimate of drug-likeness (QED) is 0.643. The fourth-order valence-electron chi connectivity index (χ4n) is 1.95. The zero-order valence-corrected chi connectivity index (χ0v) is 9.80. The van der Waals surface area contributed by atoms with Gasteiger partial charge in [-0.3, -0.25) is 10.1 Å². The summed E-state index contributed by atoms with van der Waals surface area (Å²) in [5.41, 5.74) is -0.119. The normalized spacial score (nSPS) is 20.4. The second-order valence-corrected chi connectivity index (χ2v) is 4.43. The van der Waals surface area contributed by atoms with Crippen molar-refractivity contribution in [2.24, 2.45) is 0 Å². The van der Waals surface area contributed by atoms with E-state index in [-0.39, 0.29) is 16.5 Å². The fourth-order valence-corrected chi connectivity index (χ4v) is 2.10. The van der Waals surface area contributed by atoms with Crippen molar-refractivity contribution in [2.45, 2.75) is 18.9 Å². The summed E-state index contributed by atoms with van der Waals surface area (Å²) < 4.78 is 0. The lowest BCUT2D eigenvalue weighted by molar-refractivity contribution is -0.384. The first kappa shape index (κ1) is 12.1. The number of nitro groups is 1. The van der Waals surface area contributed by atoms with E-state index in [0.29, 0.717) is 13.1 Å².